The number of carbonyl (C=O) groups excluding carboxylic acids is 2. The first-order valence-corrected chi connectivity index (χ1v) is 8.14. The van der Waals surface area contributed by atoms with Gasteiger partial charge in [0.2, 0.25) is 0 Å². The Morgan fingerprint density at radius 2 is 1.39 bits per heavy atom. The molecule has 0 aromatic heterocycles. The zero-order valence-electron chi connectivity index (χ0n) is 14.4. The van der Waals surface area contributed by atoms with Crippen molar-refractivity contribution in [3.8, 4) is 23.0 Å². The largest absolute Gasteiger partial charge is 0.504 e. The van der Waals surface area contributed by atoms with Crippen LogP contribution in [0.3, 0.4) is 0 Å². The summed E-state index contributed by atoms with van der Waals surface area (Å²) in [5.74, 6) is -0.521. The zero-order valence-corrected chi connectivity index (χ0v) is 15.1. The minimum atomic E-state index is -0.380. The third-order valence-corrected chi connectivity index (χ3v) is 3.71. The lowest BCUT2D eigenvalue weighted by Crippen LogP contribution is -2.01. The maximum absolute atomic E-state index is 11.9. The molecule has 0 bridgehead atoms. The van der Waals surface area contributed by atoms with Crippen molar-refractivity contribution in [3.63, 3.8) is 0 Å². The predicted molar refractivity (Wildman–Crippen MR) is 109 cm³/mol. The maximum atomic E-state index is 11.9. The van der Waals surface area contributed by atoms with Gasteiger partial charge in [-0.1, -0.05) is 31.7 Å². The molecule has 0 spiro atoms. The number of ketones is 2. The minimum Gasteiger partial charge on any atom is -0.504 e. The van der Waals surface area contributed by atoms with E-state index in [0.29, 0.717) is 11.1 Å². The molecule has 148 valence electrons. The highest BCUT2D eigenvalue weighted by Crippen LogP contribution is 2.28. The predicted octanol–water partition coefficient (Wildman–Crippen LogP) is 4.53. The number of phenols is 2. The second kappa shape index (κ2) is 10.8. The summed E-state index contributed by atoms with van der Waals surface area (Å²) in [5.41, 5.74) is 1.23. The number of hydrogen-bond donors (Lipinski definition) is 2. The first kappa shape index (κ1) is 22.8. The van der Waals surface area contributed by atoms with Crippen LogP contribution in [0, 0.1) is 0 Å². The summed E-state index contributed by atoms with van der Waals surface area (Å²) in [5, 5.41) is 19.0. The molecule has 6 nitrogen and oxygen atoms in total. The van der Waals surface area contributed by atoms with Gasteiger partial charge in [0.25, 0.3) is 0 Å². The molecule has 0 saturated heterocycles. The summed E-state index contributed by atoms with van der Waals surface area (Å²) in [6.07, 6.45) is 5.28. The van der Waals surface area contributed by atoms with E-state index in [9.17, 15) is 19.8 Å². The number of ether oxygens (including phenoxy) is 1. The van der Waals surface area contributed by atoms with Crippen molar-refractivity contribution in [3.05, 3.63) is 59.7 Å². The third kappa shape index (κ3) is 6.48. The van der Waals surface area contributed by atoms with Crippen molar-refractivity contribution in [2.75, 3.05) is 7.11 Å². The molecule has 0 atom stereocenters. The molecule has 2 N–H and O–H groups in total. The van der Waals surface area contributed by atoms with Crippen LogP contribution in [0.15, 0.2) is 48.6 Å². The zero-order chi connectivity index (χ0) is 19.8. The van der Waals surface area contributed by atoms with Crippen LogP contribution < -0.4 is 9.03 Å². The Labute approximate surface area is 168 Å². The van der Waals surface area contributed by atoms with Gasteiger partial charge in [-0.05, 0) is 47.5 Å². The molecule has 2 aromatic carbocycles. The topological polar surface area (TPSA) is 93.1 Å². The van der Waals surface area contributed by atoms with Crippen LogP contribution >= 0.6 is 11.9 Å². The molecule has 0 aliphatic rings. The van der Waals surface area contributed by atoms with E-state index in [0.717, 1.165) is 0 Å². The third-order valence-electron chi connectivity index (χ3n) is 3.54. The van der Waals surface area contributed by atoms with Gasteiger partial charge >= 0.3 is 0 Å². The van der Waals surface area contributed by atoms with E-state index in [-0.39, 0.29) is 48.4 Å². The molecule has 0 unspecified atom stereocenters. The summed E-state index contributed by atoms with van der Waals surface area (Å²) >= 11 is 5.22. The standard InChI is InChI=1S/C20H17ClO6.CH4/c1-26-19-10-13(4-8-17(19)24)2-6-15(22)12-16(23)7-3-14-5-9-18(25)20(11-14)27-21;/h2-11,24-25H,12H2,1H3;1H4/b6-2+,7-3+;. The lowest BCUT2D eigenvalue weighted by atomic mass is 10.1. The second-order valence-corrected chi connectivity index (χ2v) is 5.67. The van der Waals surface area contributed by atoms with Crippen LogP contribution in [0.4, 0.5) is 0 Å². The van der Waals surface area contributed by atoms with Gasteiger partial charge in [-0.15, -0.1) is 0 Å². The Bertz CT molecular complexity index is 828. The van der Waals surface area contributed by atoms with E-state index in [2.05, 4.69) is 4.29 Å². The Morgan fingerprint density at radius 3 is 1.86 bits per heavy atom. The average Bonchev–Trinajstić information content (AvgIpc) is 2.66. The fourth-order valence-electron chi connectivity index (χ4n) is 2.16. The molecular weight excluding hydrogens is 384 g/mol. The van der Waals surface area contributed by atoms with Gasteiger partial charge in [0.1, 0.15) is 11.9 Å². The summed E-state index contributed by atoms with van der Waals surface area (Å²) in [6.45, 7) is 0. The first-order valence-electron chi connectivity index (χ1n) is 7.83. The van der Waals surface area contributed by atoms with Gasteiger partial charge in [0.15, 0.2) is 34.6 Å². The smallest absolute Gasteiger partial charge is 0.188 e. The fourth-order valence-corrected chi connectivity index (χ4v) is 2.29. The lowest BCUT2D eigenvalue weighted by Gasteiger charge is -2.03. The van der Waals surface area contributed by atoms with Gasteiger partial charge in [0, 0.05) is 0 Å². The SMILES string of the molecule is C.COc1cc(/C=C/C(=O)CC(=O)/C=C/c2ccc(O)c(OCl)c2)ccc1O. The highest BCUT2D eigenvalue weighted by molar-refractivity contribution is 6.11. The highest BCUT2D eigenvalue weighted by atomic mass is 35.5. The minimum absolute atomic E-state index is 0. The van der Waals surface area contributed by atoms with Crippen LogP contribution in [0.2, 0.25) is 0 Å². The Kier molecular flexibility index (Phi) is 8.78. The van der Waals surface area contributed by atoms with E-state index in [1.807, 2.05) is 0 Å². The van der Waals surface area contributed by atoms with Crippen LogP contribution in [0.1, 0.15) is 25.0 Å². The quantitative estimate of drug-likeness (QED) is 0.496. The molecule has 0 amide bonds. The summed E-state index contributed by atoms with van der Waals surface area (Å²) in [6, 6.07) is 9.03. The number of allylic oxidation sites excluding steroid dienone is 2. The number of rotatable bonds is 8. The van der Waals surface area contributed by atoms with E-state index in [1.165, 1.54) is 49.6 Å². The van der Waals surface area contributed by atoms with E-state index < -0.39 is 0 Å². The van der Waals surface area contributed by atoms with Crippen molar-refractivity contribution < 1.29 is 28.8 Å². The molecule has 2 aromatic rings. The van der Waals surface area contributed by atoms with Crippen LogP contribution in [-0.2, 0) is 9.59 Å². The number of benzene rings is 2. The highest BCUT2D eigenvalue weighted by Gasteiger charge is 2.06. The molecule has 0 heterocycles. The average molecular weight is 405 g/mol. The fraction of sp³-hybridized carbons (Fsp3) is 0.143. The summed E-state index contributed by atoms with van der Waals surface area (Å²) in [4.78, 5) is 23.8. The molecule has 0 aliphatic carbocycles. The number of halogens is 1. The monoisotopic (exact) mass is 404 g/mol. The van der Waals surface area contributed by atoms with Gasteiger partial charge < -0.3 is 19.2 Å². The lowest BCUT2D eigenvalue weighted by molar-refractivity contribution is -0.121. The van der Waals surface area contributed by atoms with Crippen LogP contribution in [0.5, 0.6) is 23.0 Å². The molecule has 0 saturated carbocycles. The summed E-state index contributed by atoms with van der Waals surface area (Å²) in [7, 11) is 1.43. The van der Waals surface area contributed by atoms with Gasteiger partial charge in [-0.25, -0.2) is 0 Å². The molecule has 0 aliphatic heterocycles. The molecule has 0 fully saturated rings. The maximum Gasteiger partial charge on any atom is 0.188 e. The van der Waals surface area contributed by atoms with Crippen molar-refractivity contribution in [1.82, 2.24) is 0 Å². The van der Waals surface area contributed by atoms with Gasteiger partial charge in [-0.3, -0.25) is 9.59 Å². The second-order valence-electron chi connectivity index (χ2n) is 5.51. The van der Waals surface area contributed by atoms with Crippen molar-refractivity contribution in [1.29, 1.82) is 0 Å². The van der Waals surface area contributed by atoms with Crippen molar-refractivity contribution >= 4 is 35.6 Å². The molecule has 2 rings (SSSR count). The normalized spacial score (nSPS) is 10.6. The number of methoxy groups -OCH3 is 1. The van der Waals surface area contributed by atoms with E-state index in [1.54, 1.807) is 18.2 Å². The van der Waals surface area contributed by atoms with Crippen LogP contribution in [-0.4, -0.2) is 28.9 Å². The number of aromatic hydroxyl groups is 2. The number of carbonyl (C=O) groups is 2. The first-order chi connectivity index (χ1) is 12.9. The number of phenolic OH excluding ortho intramolecular Hbond substituents is 2. The Morgan fingerprint density at radius 1 is 0.929 bits per heavy atom. The molecule has 0 radical (unpaired) electrons. The Hall–Kier alpha value is -3.25. The van der Waals surface area contributed by atoms with E-state index >= 15 is 0 Å². The summed E-state index contributed by atoms with van der Waals surface area (Å²) < 4.78 is 9.46. The molecule has 28 heavy (non-hydrogen) atoms. The van der Waals surface area contributed by atoms with Gasteiger partial charge in [-0.2, -0.15) is 0 Å². The molecule has 7 heteroatoms. The van der Waals surface area contributed by atoms with Crippen molar-refractivity contribution in [2.45, 2.75) is 13.8 Å². The number of hydrogen-bond acceptors (Lipinski definition) is 6. The van der Waals surface area contributed by atoms with Crippen LogP contribution in [0.25, 0.3) is 12.2 Å². The van der Waals surface area contributed by atoms with E-state index in [4.69, 9.17) is 16.6 Å². The Balaban J connectivity index is 0.00000392. The van der Waals surface area contributed by atoms with Crippen molar-refractivity contribution in [2.24, 2.45) is 0 Å². The molecular formula is C21H21ClO6. The van der Waals surface area contributed by atoms with Gasteiger partial charge in [0.05, 0.1) is 13.5 Å².